The summed E-state index contributed by atoms with van der Waals surface area (Å²) in [7, 11) is 0. The van der Waals surface area contributed by atoms with Crippen molar-refractivity contribution in [1.29, 1.82) is 0 Å². The van der Waals surface area contributed by atoms with Crippen molar-refractivity contribution in [1.82, 2.24) is 15.5 Å². The molecule has 3 aliphatic rings. The van der Waals surface area contributed by atoms with E-state index in [1.807, 2.05) is 12.1 Å². The highest BCUT2D eigenvalue weighted by Gasteiger charge is 2.47. The molecule has 1 unspecified atom stereocenters. The zero-order valence-corrected chi connectivity index (χ0v) is 18.4. The third kappa shape index (κ3) is 3.99. The predicted molar refractivity (Wildman–Crippen MR) is 123 cm³/mol. The highest BCUT2D eigenvalue weighted by Crippen LogP contribution is 2.53. The number of halogens is 1. The van der Waals surface area contributed by atoms with Crippen molar-refractivity contribution < 1.29 is 4.74 Å². The molecule has 1 saturated carbocycles. The fourth-order valence-electron chi connectivity index (χ4n) is 5.42. The van der Waals surface area contributed by atoms with Crippen LogP contribution in [0.15, 0.2) is 42.5 Å². The molecule has 2 N–H and O–H groups in total. The van der Waals surface area contributed by atoms with Crippen LogP contribution < -0.4 is 15.4 Å². The van der Waals surface area contributed by atoms with E-state index < -0.39 is 0 Å². The van der Waals surface area contributed by atoms with E-state index in [2.05, 4.69) is 45.9 Å². The van der Waals surface area contributed by atoms with Gasteiger partial charge in [0, 0.05) is 49.2 Å². The van der Waals surface area contributed by atoms with Crippen LogP contribution in [-0.2, 0) is 11.8 Å². The summed E-state index contributed by atoms with van der Waals surface area (Å²) in [5.41, 5.74) is 4.47. The van der Waals surface area contributed by atoms with Gasteiger partial charge < -0.3 is 15.4 Å². The van der Waals surface area contributed by atoms with E-state index in [0.717, 1.165) is 63.1 Å². The van der Waals surface area contributed by atoms with Crippen LogP contribution in [0.3, 0.4) is 0 Å². The Morgan fingerprint density at radius 2 is 1.83 bits per heavy atom. The minimum atomic E-state index is 0.166. The van der Waals surface area contributed by atoms with Gasteiger partial charge in [-0.15, -0.1) is 0 Å². The topological polar surface area (TPSA) is 36.5 Å². The Bertz CT molecular complexity index is 859. The second-order valence-corrected chi connectivity index (χ2v) is 9.39. The van der Waals surface area contributed by atoms with E-state index in [-0.39, 0.29) is 5.41 Å². The molecule has 0 amide bonds. The molecular weight excluding hydrogens is 394 g/mol. The summed E-state index contributed by atoms with van der Waals surface area (Å²) >= 11 is 6.18. The number of hydrogen-bond acceptors (Lipinski definition) is 4. The second-order valence-electron chi connectivity index (χ2n) is 8.95. The quantitative estimate of drug-likeness (QED) is 0.735. The first-order chi connectivity index (χ1) is 14.7. The van der Waals surface area contributed by atoms with E-state index in [0.29, 0.717) is 6.04 Å². The van der Waals surface area contributed by atoms with Crippen LogP contribution in [0.4, 0.5) is 0 Å². The Kier molecular flexibility index (Phi) is 6.01. The number of piperazine rings is 1. The summed E-state index contributed by atoms with van der Waals surface area (Å²) in [5.74, 6) is 1.00. The largest absolute Gasteiger partial charge is 0.492 e. The number of benzene rings is 2. The van der Waals surface area contributed by atoms with E-state index in [1.165, 1.54) is 36.0 Å². The van der Waals surface area contributed by atoms with Gasteiger partial charge in [-0.2, -0.15) is 0 Å². The Labute approximate surface area is 184 Å². The molecule has 0 spiro atoms. The Morgan fingerprint density at radius 1 is 1.03 bits per heavy atom. The lowest BCUT2D eigenvalue weighted by molar-refractivity contribution is 0.164. The normalized spacial score (nSPS) is 23.4. The van der Waals surface area contributed by atoms with Gasteiger partial charge in [-0.3, -0.25) is 4.90 Å². The maximum atomic E-state index is 6.20. The molecule has 1 aliphatic carbocycles. The van der Waals surface area contributed by atoms with Crippen LogP contribution in [0.25, 0.3) is 0 Å². The molecule has 30 heavy (non-hydrogen) atoms. The SMILES string of the molecule is Clc1ccc(C2(C3NCCc4ccc(OCCN5CCNCC5)cc43)CCC2)cc1. The first kappa shape index (κ1) is 20.3. The van der Waals surface area contributed by atoms with Crippen LogP contribution in [0.1, 0.15) is 42.0 Å². The van der Waals surface area contributed by atoms with Gasteiger partial charge in [0.05, 0.1) is 0 Å². The molecule has 0 bridgehead atoms. The van der Waals surface area contributed by atoms with Crippen molar-refractivity contribution in [3.05, 3.63) is 64.2 Å². The first-order valence-electron chi connectivity index (χ1n) is 11.4. The van der Waals surface area contributed by atoms with Crippen molar-refractivity contribution in [2.75, 3.05) is 45.9 Å². The van der Waals surface area contributed by atoms with Gasteiger partial charge in [-0.05, 0) is 66.8 Å². The number of nitrogens with zero attached hydrogens (tertiary/aromatic N) is 1. The van der Waals surface area contributed by atoms with E-state index >= 15 is 0 Å². The second kappa shape index (κ2) is 8.88. The summed E-state index contributed by atoms with van der Waals surface area (Å²) < 4.78 is 6.20. The molecular formula is C25H32ClN3O. The predicted octanol–water partition coefficient (Wildman–Crippen LogP) is 3.93. The number of fused-ring (bicyclic) bond motifs is 1. The molecule has 2 aliphatic heterocycles. The summed E-state index contributed by atoms with van der Waals surface area (Å²) in [6.45, 7) is 7.18. The lowest BCUT2D eigenvalue weighted by Gasteiger charge is -2.50. The third-order valence-electron chi connectivity index (χ3n) is 7.27. The molecule has 2 aromatic rings. The average Bonchev–Trinajstić information content (AvgIpc) is 2.75. The molecule has 160 valence electrons. The van der Waals surface area contributed by atoms with E-state index in [9.17, 15) is 0 Å². The monoisotopic (exact) mass is 425 g/mol. The molecule has 1 atom stereocenters. The maximum Gasteiger partial charge on any atom is 0.119 e. The number of ether oxygens (including phenoxy) is 1. The molecule has 0 radical (unpaired) electrons. The van der Waals surface area contributed by atoms with Gasteiger partial charge in [0.2, 0.25) is 0 Å². The minimum Gasteiger partial charge on any atom is -0.492 e. The van der Waals surface area contributed by atoms with Gasteiger partial charge in [-0.25, -0.2) is 0 Å². The van der Waals surface area contributed by atoms with Crippen LogP contribution in [0.2, 0.25) is 5.02 Å². The molecule has 1 saturated heterocycles. The van der Waals surface area contributed by atoms with Crippen molar-refractivity contribution in [2.45, 2.75) is 37.1 Å². The minimum absolute atomic E-state index is 0.166. The van der Waals surface area contributed by atoms with Gasteiger partial charge in [-0.1, -0.05) is 36.2 Å². The molecule has 2 aromatic carbocycles. The fraction of sp³-hybridized carbons (Fsp3) is 0.520. The summed E-state index contributed by atoms with van der Waals surface area (Å²) in [6.07, 6.45) is 4.82. The zero-order valence-electron chi connectivity index (χ0n) is 17.6. The van der Waals surface area contributed by atoms with Crippen molar-refractivity contribution in [2.24, 2.45) is 0 Å². The van der Waals surface area contributed by atoms with E-state index in [4.69, 9.17) is 16.3 Å². The first-order valence-corrected chi connectivity index (χ1v) is 11.8. The van der Waals surface area contributed by atoms with Crippen LogP contribution in [-0.4, -0.2) is 50.8 Å². The Balaban J connectivity index is 1.35. The van der Waals surface area contributed by atoms with Crippen molar-refractivity contribution in [3.8, 4) is 5.75 Å². The van der Waals surface area contributed by atoms with Crippen LogP contribution in [0, 0.1) is 0 Å². The van der Waals surface area contributed by atoms with Crippen LogP contribution in [0.5, 0.6) is 5.75 Å². The lowest BCUT2D eigenvalue weighted by Crippen LogP contribution is -2.49. The maximum absolute atomic E-state index is 6.20. The summed E-state index contributed by atoms with van der Waals surface area (Å²) in [4.78, 5) is 2.48. The van der Waals surface area contributed by atoms with Gasteiger partial charge in [0.25, 0.3) is 0 Å². The van der Waals surface area contributed by atoms with Crippen molar-refractivity contribution in [3.63, 3.8) is 0 Å². The number of rotatable bonds is 6. The highest BCUT2D eigenvalue weighted by atomic mass is 35.5. The smallest absolute Gasteiger partial charge is 0.119 e. The van der Waals surface area contributed by atoms with Crippen LogP contribution >= 0.6 is 11.6 Å². The van der Waals surface area contributed by atoms with Gasteiger partial charge in [0.15, 0.2) is 0 Å². The van der Waals surface area contributed by atoms with Crippen molar-refractivity contribution >= 4 is 11.6 Å². The molecule has 5 rings (SSSR count). The lowest BCUT2D eigenvalue weighted by atomic mass is 9.58. The Morgan fingerprint density at radius 3 is 2.57 bits per heavy atom. The number of hydrogen-bond donors (Lipinski definition) is 2. The molecule has 0 aromatic heterocycles. The standard InChI is InChI=1S/C25H32ClN3O/c26-21-5-3-20(4-6-21)25(9-1-10-25)24-23-18-22(7-2-19(23)8-11-28-24)30-17-16-29-14-12-27-13-15-29/h2-7,18,24,27-28H,1,8-17H2. The summed E-state index contributed by atoms with van der Waals surface area (Å²) in [6, 6.07) is 15.6. The highest BCUT2D eigenvalue weighted by molar-refractivity contribution is 6.30. The zero-order chi connectivity index (χ0) is 20.4. The molecule has 2 fully saturated rings. The summed E-state index contributed by atoms with van der Waals surface area (Å²) in [5, 5.41) is 8.08. The van der Waals surface area contributed by atoms with Gasteiger partial charge >= 0.3 is 0 Å². The molecule has 2 heterocycles. The molecule has 5 heteroatoms. The third-order valence-corrected chi connectivity index (χ3v) is 7.53. The van der Waals surface area contributed by atoms with Gasteiger partial charge in [0.1, 0.15) is 12.4 Å². The number of nitrogens with one attached hydrogen (secondary N) is 2. The van der Waals surface area contributed by atoms with E-state index in [1.54, 1.807) is 0 Å². The Hall–Kier alpha value is -1.59. The average molecular weight is 426 g/mol. The fourth-order valence-corrected chi connectivity index (χ4v) is 5.55. The molecule has 4 nitrogen and oxygen atoms in total.